The van der Waals surface area contributed by atoms with E-state index in [9.17, 15) is 9.18 Å². The number of nitriles is 1. The standard InChI is InChI=1S/C11H7FN4OS/c12-9-3-1-2-7(4-13)8(9)5-14-16-11-15-10(17)6-18-11/h1-3,5H,6H2,(H,15,16,17). The lowest BCUT2D eigenvalue weighted by Crippen LogP contribution is -2.19. The van der Waals surface area contributed by atoms with Crippen LogP contribution in [0.3, 0.4) is 0 Å². The fourth-order valence-corrected chi connectivity index (χ4v) is 1.91. The second-order valence-corrected chi connectivity index (χ2v) is 4.26. The summed E-state index contributed by atoms with van der Waals surface area (Å²) in [6, 6.07) is 6.04. The molecule has 0 radical (unpaired) electrons. The number of nitrogens with one attached hydrogen (secondary N) is 1. The monoisotopic (exact) mass is 262 g/mol. The molecule has 1 fully saturated rings. The number of benzene rings is 1. The molecule has 1 aromatic carbocycles. The Kier molecular flexibility index (Phi) is 3.69. The van der Waals surface area contributed by atoms with Gasteiger partial charge in [-0.3, -0.25) is 4.79 Å². The lowest BCUT2D eigenvalue weighted by Gasteiger charge is -1.97. The van der Waals surface area contributed by atoms with Gasteiger partial charge < -0.3 is 5.32 Å². The fraction of sp³-hybridized carbons (Fsp3) is 0.0909. The van der Waals surface area contributed by atoms with Crippen LogP contribution in [-0.2, 0) is 4.79 Å². The van der Waals surface area contributed by atoms with Gasteiger partial charge in [0.15, 0.2) is 5.17 Å². The maximum Gasteiger partial charge on any atom is 0.236 e. The van der Waals surface area contributed by atoms with E-state index in [1.54, 1.807) is 0 Å². The van der Waals surface area contributed by atoms with Crippen LogP contribution in [0.15, 0.2) is 28.4 Å². The summed E-state index contributed by atoms with van der Waals surface area (Å²) in [5.74, 6) is -0.379. The predicted octanol–water partition coefficient (Wildman–Crippen LogP) is 1.25. The Balaban J connectivity index is 2.20. The molecule has 1 aromatic rings. The second-order valence-electron chi connectivity index (χ2n) is 3.30. The van der Waals surface area contributed by atoms with Gasteiger partial charge in [-0.1, -0.05) is 17.8 Å². The number of carbonyl (C=O) groups excluding carboxylic acids is 1. The summed E-state index contributed by atoms with van der Waals surface area (Å²) in [7, 11) is 0. The van der Waals surface area contributed by atoms with Crippen molar-refractivity contribution in [2.45, 2.75) is 0 Å². The van der Waals surface area contributed by atoms with Crippen molar-refractivity contribution in [3.05, 3.63) is 35.1 Å². The first kappa shape index (κ1) is 12.3. The minimum absolute atomic E-state index is 0.0821. The Morgan fingerprint density at radius 3 is 3.06 bits per heavy atom. The van der Waals surface area contributed by atoms with Crippen molar-refractivity contribution in [2.75, 3.05) is 5.75 Å². The van der Waals surface area contributed by atoms with E-state index in [0.717, 1.165) is 6.21 Å². The first-order valence-corrected chi connectivity index (χ1v) is 5.91. The summed E-state index contributed by atoms with van der Waals surface area (Å²) in [6.07, 6.45) is 1.16. The highest BCUT2D eigenvalue weighted by molar-refractivity contribution is 8.15. The molecule has 1 saturated heterocycles. The molecule has 0 aromatic heterocycles. The van der Waals surface area contributed by atoms with Crippen LogP contribution in [0.5, 0.6) is 0 Å². The lowest BCUT2D eigenvalue weighted by atomic mass is 10.1. The van der Waals surface area contributed by atoms with Gasteiger partial charge >= 0.3 is 0 Å². The Hall–Kier alpha value is -2.20. The zero-order chi connectivity index (χ0) is 13.0. The van der Waals surface area contributed by atoms with Gasteiger partial charge in [0.1, 0.15) is 5.82 Å². The first-order chi connectivity index (χ1) is 8.70. The smallest absolute Gasteiger partial charge is 0.236 e. The van der Waals surface area contributed by atoms with Crippen molar-refractivity contribution in [1.29, 1.82) is 5.26 Å². The van der Waals surface area contributed by atoms with Gasteiger partial charge in [0, 0.05) is 5.56 Å². The van der Waals surface area contributed by atoms with Crippen LogP contribution in [0.1, 0.15) is 11.1 Å². The Morgan fingerprint density at radius 1 is 1.56 bits per heavy atom. The summed E-state index contributed by atoms with van der Waals surface area (Å²) < 4.78 is 13.4. The van der Waals surface area contributed by atoms with Gasteiger partial charge in [-0.05, 0) is 12.1 Å². The van der Waals surface area contributed by atoms with E-state index in [2.05, 4.69) is 15.5 Å². The van der Waals surface area contributed by atoms with E-state index >= 15 is 0 Å². The normalized spacial score (nSPS) is 17.1. The molecule has 18 heavy (non-hydrogen) atoms. The van der Waals surface area contributed by atoms with Crippen LogP contribution in [0.4, 0.5) is 4.39 Å². The number of nitrogens with zero attached hydrogens (tertiary/aromatic N) is 3. The van der Waals surface area contributed by atoms with Gasteiger partial charge in [-0.2, -0.15) is 10.4 Å². The average Bonchev–Trinajstić information content (AvgIpc) is 2.77. The number of amides is 1. The van der Waals surface area contributed by atoms with Crippen molar-refractivity contribution < 1.29 is 9.18 Å². The van der Waals surface area contributed by atoms with Crippen molar-refractivity contribution >= 4 is 29.1 Å². The van der Waals surface area contributed by atoms with Crippen LogP contribution < -0.4 is 5.32 Å². The minimum Gasteiger partial charge on any atom is -0.303 e. The van der Waals surface area contributed by atoms with Gasteiger partial charge in [0.2, 0.25) is 5.91 Å². The number of halogens is 1. The van der Waals surface area contributed by atoms with E-state index in [4.69, 9.17) is 5.26 Å². The number of thioether (sulfide) groups is 1. The van der Waals surface area contributed by atoms with E-state index in [1.807, 2.05) is 6.07 Å². The second kappa shape index (κ2) is 5.42. The van der Waals surface area contributed by atoms with E-state index in [0.29, 0.717) is 10.9 Å². The summed E-state index contributed by atoms with van der Waals surface area (Å²) in [5.41, 5.74) is 0.265. The topological polar surface area (TPSA) is 77.6 Å². The molecular weight excluding hydrogens is 255 g/mol. The third-order valence-corrected chi connectivity index (χ3v) is 2.96. The molecule has 1 N–H and O–H groups in total. The largest absolute Gasteiger partial charge is 0.303 e. The molecule has 2 rings (SSSR count). The van der Waals surface area contributed by atoms with Crippen LogP contribution in [-0.4, -0.2) is 23.0 Å². The van der Waals surface area contributed by atoms with Gasteiger partial charge in [-0.25, -0.2) is 4.39 Å². The van der Waals surface area contributed by atoms with Crippen molar-refractivity contribution in [3.8, 4) is 6.07 Å². The Labute approximate surface area is 106 Å². The SMILES string of the molecule is N#Cc1cccc(F)c1C=NN=C1NC(=O)CS1. The Bertz CT molecular complexity index is 591. The summed E-state index contributed by atoms with van der Waals surface area (Å²) in [6.45, 7) is 0. The lowest BCUT2D eigenvalue weighted by molar-refractivity contribution is -0.116. The summed E-state index contributed by atoms with van der Waals surface area (Å²) in [5, 5.41) is 19.1. The fourth-order valence-electron chi connectivity index (χ4n) is 1.28. The Morgan fingerprint density at radius 2 is 2.39 bits per heavy atom. The van der Waals surface area contributed by atoms with Crippen molar-refractivity contribution in [1.82, 2.24) is 5.32 Å². The zero-order valence-electron chi connectivity index (χ0n) is 9.05. The van der Waals surface area contributed by atoms with Gasteiger partial charge in [-0.15, -0.1) is 5.10 Å². The van der Waals surface area contributed by atoms with E-state index in [1.165, 1.54) is 30.0 Å². The van der Waals surface area contributed by atoms with Crippen LogP contribution >= 0.6 is 11.8 Å². The average molecular weight is 262 g/mol. The van der Waals surface area contributed by atoms with Crippen molar-refractivity contribution in [2.24, 2.45) is 10.2 Å². The first-order valence-electron chi connectivity index (χ1n) is 4.93. The molecule has 5 nitrogen and oxygen atoms in total. The highest BCUT2D eigenvalue weighted by Crippen LogP contribution is 2.11. The van der Waals surface area contributed by atoms with Crippen molar-refractivity contribution in [3.63, 3.8) is 0 Å². The highest BCUT2D eigenvalue weighted by atomic mass is 32.2. The van der Waals surface area contributed by atoms with E-state index < -0.39 is 5.82 Å². The number of hydrogen-bond donors (Lipinski definition) is 1. The van der Waals surface area contributed by atoms with Crippen LogP contribution in [0, 0.1) is 17.1 Å². The molecule has 0 saturated carbocycles. The molecule has 0 aliphatic carbocycles. The molecular formula is C11H7FN4OS. The molecule has 1 heterocycles. The van der Waals surface area contributed by atoms with Crippen LogP contribution in [0.25, 0.3) is 0 Å². The zero-order valence-corrected chi connectivity index (χ0v) is 9.87. The molecule has 1 amide bonds. The molecule has 7 heteroatoms. The third-order valence-electron chi connectivity index (χ3n) is 2.10. The molecule has 0 spiro atoms. The molecule has 90 valence electrons. The summed E-state index contributed by atoms with van der Waals surface area (Å²) >= 11 is 1.22. The molecule has 0 unspecified atom stereocenters. The minimum atomic E-state index is -0.541. The van der Waals surface area contributed by atoms with Gasteiger partial charge in [0.25, 0.3) is 0 Å². The predicted molar refractivity (Wildman–Crippen MR) is 66.7 cm³/mol. The van der Waals surface area contributed by atoms with Gasteiger partial charge in [0.05, 0.1) is 23.6 Å². The molecule has 0 atom stereocenters. The quantitative estimate of drug-likeness (QED) is 0.643. The number of carbonyl (C=O) groups is 1. The summed E-state index contributed by atoms with van der Waals surface area (Å²) in [4.78, 5) is 10.9. The highest BCUT2D eigenvalue weighted by Gasteiger charge is 2.16. The maximum absolute atomic E-state index is 13.4. The number of hydrogen-bond acceptors (Lipinski definition) is 5. The number of rotatable bonds is 2. The number of amidine groups is 1. The molecule has 1 aliphatic heterocycles. The third kappa shape index (κ3) is 2.73. The van der Waals surface area contributed by atoms with E-state index in [-0.39, 0.29) is 17.0 Å². The molecule has 0 bridgehead atoms. The van der Waals surface area contributed by atoms with Crippen LogP contribution in [0.2, 0.25) is 0 Å². The molecule has 1 aliphatic rings. The maximum atomic E-state index is 13.4.